The Labute approximate surface area is 163 Å². The summed E-state index contributed by atoms with van der Waals surface area (Å²) in [5.74, 6) is 0.367. The summed E-state index contributed by atoms with van der Waals surface area (Å²) in [6.07, 6.45) is 3.72. The highest BCUT2D eigenvalue weighted by Crippen LogP contribution is 2.28. The summed E-state index contributed by atoms with van der Waals surface area (Å²) in [7, 11) is 0. The van der Waals surface area contributed by atoms with E-state index in [1.807, 2.05) is 49.4 Å². The van der Waals surface area contributed by atoms with Gasteiger partial charge in [-0.15, -0.1) is 0 Å². The Morgan fingerprint density at radius 3 is 2.79 bits per heavy atom. The van der Waals surface area contributed by atoms with E-state index in [2.05, 4.69) is 15.4 Å². The van der Waals surface area contributed by atoms with Crippen LogP contribution in [0.1, 0.15) is 17.5 Å². The number of nitrogens with zero attached hydrogens (tertiary/aromatic N) is 4. The molecule has 7 heteroatoms. The first-order chi connectivity index (χ1) is 13.6. The predicted molar refractivity (Wildman–Crippen MR) is 105 cm³/mol. The number of aryl methyl sites for hydroxylation is 2. The minimum absolute atomic E-state index is 0.0296. The highest BCUT2D eigenvalue weighted by Gasteiger charge is 2.28. The summed E-state index contributed by atoms with van der Waals surface area (Å²) in [6, 6.07) is 13.7. The van der Waals surface area contributed by atoms with Gasteiger partial charge in [-0.25, -0.2) is 4.68 Å². The number of pyridine rings is 1. The van der Waals surface area contributed by atoms with Crippen LogP contribution in [0, 0.1) is 6.92 Å². The Kier molecular flexibility index (Phi) is 4.89. The van der Waals surface area contributed by atoms with Crippen LogP contribution in [0.15, 0.2) is 54.9 Å². The Hall–Kier alpha value is -3.48. The zero-order valence-electron chi connectivity index (χ0n) is 15.6. The summed E-state index contributed by atoms with van der Waals surface area (Å²) in [5.41, 5.74) is 3.87. The molecule has 142 valence electrons. The molecule has 2 amide bonds. The maximum atomic E-state index is 12.5. The standard InChI is InChI=1S/C21H21N5O2/c1-15-4-6-17(7-5-15)18-11-20-25(21(28)8-10-26(20)24-18)14-19(27)23-13-16-3-2-9-22-12-16/h2-7,9,11-12H,8,10,13-14H2,1H3,(H,23,27). The summed E-state index contributed by atoms with van der Waals surface area (Å²) in [6.45, 7) is 2.90. The molecule has 0 fully saturated rings. The van der Waals surface area contributed by atoms with Crippen molar-refractivity contribution in [3.63, 3.8) is 0 Å². The van der Waals surface area contributed by atoms with Crippen molar-refractivity contribution in [2.75, 3.05) is 11.4 Å². The fraction of sp³-hybridized carbons (Fsp3) is 0.238. The average Bonchev–Trinajstić information content (AvgIpc) is 3.14. The van der Waals surface area contributed by atoms with E-state index in [-0.39, 0.29) is 18.4 Å². The van der Waals surface area contributed by atoms with Crippen LogP contribution in [0.4, 0.5) is 5.82 Å². The van der Waals surface area contributed by atoms with Gasteiger partial charge >= 0.3 is 0 Å². The van der Waals surface area contributed by atoms with Crippen LogP contribution in [0.5, 0.6) is 0 Å². The topological polar surface area (TPSA) is 80.1 Å². The molecular formula is C21H21N5O2. The van der Waals surface area contributed by atoms with E-state index in [0.29, 0.717) is 25.3 Å². The predicted octanol–water partition coefficient (Wildman–Crippen LogP) is 2.31. The van der Waals surface area contributed by atoms with Crippen molar-refractivity contribution in [1.29, 1.82) is 0 Å². The van der Waals surface area contributed by atoms with Crippen molar-refractivity contribution < 1.29 is 9.59 Å². The van der Waals surface area contributed by atoms with Gasteiger partial charge in [-0.2, -0.15) is 5.10 Å². The summed E-state index contributed by atoms with van der Waals surface area (Å²) < 4.78 is 1.80. The molecule has 0 atom stereocenters. The molecule has 2 aromatic heterocycles. The van der Waals surface area contributed by atoms with Crippen LogP contribution in [0.3, 0.4) is 0 Å². The van der Waals surface area contributed by atoms with Gasteiger partial charge in [0.15, 0.2) is 0 Å². The molecule has 4 rings (SSSR count). The maximum Gasteiger partial charge on any atom is 0.240 e. The lowest BCUT2D eigenvalue weighted by molar-refractivity contribution is -0.124. The fourth-order valence-electron chi connectivity index (χ4n) is 3.19. The van der Waals surface area contributed by atoms with Crippen LogP contribution in [-0.4, -0.2) is 33.1 Å². The van der Waals surface area contributed by atoms with Gasteiger partial charge < -0.3 is 5.32 Å². The summed E-state index contributed by atoms with van der Waals surface area (Å²) >= 11 is 0. The molecule has 0 spiro atoms. The number of nitrogens with one attached hydrogen (secondary N) is 1. The van der Waals surface area contributed by atoms with Gasteiger partial charge in [0, 0.05) is 37.0 Å². The molecule has 28 heavy (non-hydrogen) atoms. The number of anilines is 1. The highest BCUT2D eigenvalue weighted by atomic mass is 16.2. The van der Waals surface area contributed by atoms with E-state index in [1.54, 1.807) is 17.1 Å². The third-order valence-electron chi connectivity index (χ3n) is 4.74. The van der Waals surface area contributed by atoms with E-state index >= 15 is 0 Å². The number of benzene rings is 1. The van der Waals surface area contributed by atoms with Crippen LogP contribution in [0.2, 0.25) is 0 Å². The molecule has 1 aliphatic rings. The molecule has 3 heterocycles. The van der Waals surface area contributed by atoms with Gasteiger partial charge in [-0.1, -0.05) is 35.9 Å². The van der Waals surface area contributed by atoms with E-state index in [4.69, 9.17) is 0 Å². The van der Waals surface area contributed by atoms with Crippen molar-refractivity contribution in [2.45, 2.75) is 26.4 Å². The first-order valence-electron chi connectivity index (χ1n) is 9.21. The van der Waals surface area contributed by atoms with Crippen LogP contribution >= 0.6 is 0 Å². The van der Waals surface area contributed by atoms with Crippen molar-refractivity contribution in [1.82, 2.24) is 20.1 Å². The van der Waals surface area contributed by atoms with Crippen LogP contribution in [-0.2, 0) is 22.7 Å². The van der Waals surface area contributed by atoms with E-state index in [0.717, 1.165) is 16.8 Å². The Bertz CT molecular complexity index is 995. The Balaban J connectivity index is 1.50. The molecule has 3 aromatic rings. The number of hydrogen-bond acceptors (Lipinski definition) is 4. The third kappa shape index (κ3) is 3.78. The smallest absolute Gasteiger partial charge is 0.240 e. The molecule has 0 bridgehead atoms. The first kappa shape index (κ1) is 17.9. The van der Waals surface area contributed by atoms with Gasteiger partial charge in [0.25, 0.3) is 0 Å². The monoisotopic (exact) mass is 375 g/mol. The molecule has 1 aromatic carbocycles. The lowest BCUT2D eigenvalue weighted by Crippen LogP contribution is -2.44. The van der Waals surface area contributed by atoms with Gasteiger partial charge in [-0.05, 0) is 18.6 Å². The van der Waals surface area contributed by atoms with E-state index in [1.165, 1.54) is 10.5 Å². The summed E-state index contributed by atoms with van der Waals surface area (Å²) in [4.78, 5) is 30.4. The van der Waals surface area contributed by atoms with Crippen molar-refractivity contribution in [2.24, 2.45) is 0 Å². The molecule has 1 aliphatic heterocycles. The van der Waals surface area contributed by atoms with E-state index < -0.39 is 0 Å². The molecule has 0 radical (unpaired) electrons. The van der Waals surface area contributed by atoms with Crippen molar-refractivity contribution in [3.8, 4) is 11.3 Å². The lowest BCUT2D eigenvalue weighted by atomic mass is 10.1. The minimum atomic E-state index is -0.219. The summed E-state index contributed by atoms with van der Waals surface area (Å²) in [5, 5.41) is 7.46. The van der Waals surface area contributed by atoms with Gasteiger partial charge in [0.2, 0.25) is 11.8 Å². The zero-order chi connectivity index (χ0) is 19.5. The molecule has 0 saturated carbocycles. The molecule has 7 nitrogen and oxygen atoms in total. The van der Waals surface area contributed by atoms with Crippen molar-refractivity contribution in [3.05, 3.63) is 66.0 Å². The third-order valence-corrected chi connectivity index (χ3v) is 4.74. The Morgan fingerprint density at radius 1 is 1.21 bits per heavy atom. The number of carbonyl (C=O) groups is 2. The maximum absolute atomic E-state index is 12.5. The second-order valence-electron chi connectivity index (χ2n) is 6.84. The van der Waals surface area contributed by atoms with Gasteiger partial charge in [0.05, 0.1) is 12.2 Å². The number of hydrogen-bond donors (Lipinski definition) is 1. The van der Waals surface area contributed by atoms with Crippen LogP contribution in [0.25, 0.3) is 11.3 Å². The van der Waals surface area contributed by atoms with Crippen LogP contribution < -0.4 is 10.2 Å². The molecule has 0 saturated heterocycles. The number of carbonyl (C=O) groups excluding carboxylic acids is 2. The number of aromatic nitrogens is 3. The molecule has 1 N–H and O–H groups in total. The zero-order valence-corrected chi connectivity index (χ0v) is 15.6. The Morgan fingerprint density at radius 2 is 2.04 bits per heavy atom. The highest BCUT2D eigenvalue weighted by molar-refractivity contribution is 5.99. The first-order valence-corrected chi connectivity index (χ1v) is 9.21. The largest absolute Gasteiger partial charge is 0.350 e. The normalized spacial score (nSPS) is 13.3. The second kappa shape index (κ2) is 7.64. The van der Waals surface area contributed by atoms with Gasteiger partial charge in [-0.3, -0.25) is 19.5 Å². The number of fused-ring (bicyclic) bond motifs is 1. The van der Waals surface area contributed by atoms with Gasteiger partial charge in [0.1, 0.15) is 12.4 Å². The van der Waals surface area contributed by atoms with E-state index in [9.17, 15) is 9.59 Å². The lowest BCUT2D eigenvalue weighted by Gasteiger charge is -2.26. The minimum Gasteiger partial charge on any atom is -0.350 e. The molecule has 0 aliphatic carbocycles. The number of rotatable bonds is 5. The van der Waals surface area contributed by atoms with Crippen molar-refractivity contribution >= 4 is 17.6 Å². The fourth-order valence-corrected chi connectivity index (χ4v) is 3.19. The quantitative estimate of drug-likeness (QED) is 0.742. The average molecular weight is 375 g/mol. The SMILES string of the molecule is Cc1ccc(-c2cc3n(n2)CCC(=O)N3CC(=O)NCc2cccnc2)cc1. The second-order valence-corrected chi connectivity index (χ2v) is 6.84. The number of amides is 2. The molecular weight excluding hydrogens is 354 g/mol. The molecule has 0 unspecified atom stereocenters.